The Morgan fingerprint density at radius 1 is 1.32 bits per heavy atom. The lowest BCUT2D eigenvalue weighted by atomic mass is 10.2. The third kappa shape index (κ3) is 4.89. The van der Waals surface area contributed by atoms with E-state index in [9.17, 15) is 4.79 Å². The van der Waals surface area contributed by atoms with E-state index in [4.69, 9.17) is 0 Å². The highest BCUT2D eigenvalue weighted by Gasteiger charge is 2.17. The zero-order valence-electron chi connectivity index (χ0n) is 11.4. The lowest BCUT2D eigenvalue weighted by molar-refractivity contribution is -0.132. The van der Waals surface area contributed by atoms with E-state index in [0.717, 1.165) is 36.3 Å². The molecule has 0 bridgehead atoms. The molecular formula is C14H21BrN2OS. The summed E-state index contributed by atoms with van der Waals surface area (Å²) in [7, 11) is 2.02. The molecule has 0 unspecified atom stereocenters. The van der Waals surface area contributed by atoms with Gasteiger partial charge in [-0.15, -0.1) is 11.3 Å². The Morgan fingerprint density at radius 3 is 2.58 bits per heavy atom. The molecule has 0 aliphatic carbocycles. The van der Waals surface area contributed by atoms with Crippen LogP contribution in [0.2, 0.25) is 0 Å². The fourth-order valence-electron chi connectivity index (χ4n) is 2.41. The van der Waals surface area contributed by atoms with Crippen molar-refractivity contribution in [2.75, 3.05) is 26.7 Å². The molecule has 1 saturated heterocycles. The van der Waals surface area contributed by atoms with E-state index in [1.807, 2.05) is 11.9 Å². The van der Waals surface area contributed by atoms with Crippen molar-refractivity contribution in [2.45, 2.75) is 32.2 Å². The van der Waals surface area contributed by atoms with Crippen LogP contribution in [0.3, 0.4) is 0 Å². The predicted octanol–water partition coefficient (Wildman–Crippen LogP) is 3.35. The minimum Gasteiger partial charge on any atom is -0.342 e. The van der Waals surface area contributed by atoms with Crippen LogP contribution >= 0.6 is 27.3 Å². The maximum atomic E-state index is 12.2. The standard InChI is InChI=1S/C14H21BrN2OS/c1-16(10-12-6-7-13(15)19-12)11-14(18)17-8-4-2-3-5-9-17/h6-7H,2-5,8-11H2,1H3. The highest BCUT2D eigenvalue weighted by atomic mass is 79.9. The Balaban J connectivity index is 1.80. The van der Waals surface area contributed by atoms with Crippen LogP contribution in [0, 0.1) is 0 Å². The van der Waals surface area contributed by atoms with Crippen molar-refractivity contribution < 1.29 is 4.79 Å². The molecule has 1 amide bonds. The minimum absolute atomic E-state index is 0.278. The van der Waals surface area contributed by atoms with Gasteiger partial charge in [-0.3, -0.25) is 9.69 Å². The summed E-state index contributed by atoms with van der Waals surface area (Å²) in [6.45, 7) is 3.25. The molecule has 1 aromatic heterocycles. The molecule has 1 aliphatic rings. The maximum Gasteiger partial charge on any atom is 0.236 e. The first-order valence-electron chi connectivity index (χ1n) is 6.85. The summed E-state index contributed by atoms with van der Waals surface area (Å²) >= 11 is 5.20. The molecule has 0 N–H and O–H groups in total. The van der Waals surface area contributed by atoms with E-state index in [1.165, 1.54) is 17.7 Å². The zero-order chi connectivity index (χ0) is 13.7. The van der Waals surface area contributed by atoms with Gasteiger partial charge in [-0.25, -0.2) is 0 Å². The molecule has 1 aromatic rings. The van der Waals surface area contributed by atoms with Crippen LogP contribution < -0.4 is 0 Å². The van der Waals surface area contributed by atoms with Gasteiger partial charge in [0, 0.05) is 24.5 Å². The Bertz CT molecular complexity index is 413. The second kappa shape index (κ2) is 7.41. The smallest absolute Gasteiger partial charge is 0.236 e. The van der Waals surface area contributed by atoms with Crippen LogP contribution in [0.15, 0.2) is 15.9 Å². The van der Waals surface area contributed by atoms with Gasteiger partial charge in [0.2, 0.25) is 5.91 Å². The largest absolute Gasteiger partial charge is 0.342 e. The number of hydrogen-bond acceptors (Lipinski definition) is 3. The third-order valence-corrected chi connectivity index (χ3v) is 5.03. The third-order valence-electron chi connectivity index (χ3n) is 3.42. The molecule has 1 aliphatic heterocycles. The zero-order valence-corrected chi connectivity index (χ0v) is 13.8. The van der Waals surface area contributed by atoms with Crippen LogP contribution in [0.1, 0.15) is 30.6 Å². The van der Waals surface area contributed by atoms with Crippen LogP contribution in [0.25, 0.3) is 0 Å². The summed E-state index contributed by atoms with van der Waals surface area (Å²) in [5, 5.41) is 0. The molecule has 0 atom stereocenters. The monoisotopic (exact) mass is 344 g/mol. The molecule has 106 valence electrons. The van der Waals surface area contributed by atoms with E-state index in [0.29, 0.717) is 6.54 Å². The van der Waals surface area contributed by atoms with E-state index in [2.05, 4.69) is 33.0 Å². The highest BCUT2D eigenvalue weighted by Crippen LogP contribution is 2.23. The number of rotatable bonds is 4. The van der Waals surface area contributed by atoms with Crippen LogP contribution in [0.5, 0.6) is 0 Å². The van der Waals surface area contributed by atoms with Crippen LogP contribution in [-0.2, 0) is 11.3 Å². The fourth-order valence-corrected chi connectivity index (χ4v) is 3.97. The molecule has 0 saturated carbocycles. The van der Waals surface area contributed by atoms with Gasteiger partial charge in [-0.2, -0.15) is 0 Å². The molecule has 19 heavy (non-hydrogen) atoms. The van der Waals surface area contributed by atoms with E-state index >= 15 is 0 Å². The molecule has 3 nitrogen and oxygen atoms in total. The lowest BCUT2D eigenvalue weighted by Crippen LogP contribution is -2.39. The summed E-state index contributed by atoms with van der Waals surface area (Å²) < 4.78 is 1.15. The average molecular weight is 345 g/mol. The summed E-state index contributed by atoms with van der Waals surface area (Å²) in [4.78, 5) is 17.7. The lowest BCUT2D eigenvalue weighted by Gasteiger charge is -2.23. The van der Waals surface area contributed by atoms with Gasteiger partial charge in [0.15, 0.2) is 0 Å². The molecule has 2 heterocycles. The van der Waals surface area contributed by atoms with Crippen molar-refractivity contribution in [1.82, 2.24) is 9.80 Å². The number of nitrogens with zero attached hydrogens (tertiary/aromatic N) is 2. The topological polar surface area (TPSA) is 23.6 Å². The molecule has 0 aromatic carbocycles. The van der Waals surface area contributed by atoms with Gasteiger partial charge in [-0.05, 0) is 48.0 Å². The number of hydrogen-bond donors (Lipinski definition) is 0. The van der Waals surface area contributed by atoms with E-state index in [-0.39, 0.29) is 5.91 Å². The molecule has 1 fully saturated rings. The number of thiophene rings is 1. The second-order valence-corrected chi connectivity index (χ2v) is 7.72. The quantitative estimate of drug-likeness (QED) is 0.836. The first kappa shape index (κ1) is 15.0. The number of halogens is 1. The molecule has 2 rings (SSSR count). The van der Waals surface area contributed by atoms with Crippen LogP contribution in [0.4, 0.5) is 0 Å². The van der Waals surface area contributed by atoms with E-state index < -0.39 is 0 Å². The second-order valence-electron chi connectivity index (χ2n) is 5.17. The van der Waals surface area contributed by atoms with Crippen molar-refractivity contribution in [1.29, 1.82) is 0 Å². The molecule has 0 radical (unpaired) electrons. The van der Waals surface area contributed by atoms with E-state index in [1.54, 1.807) is 11.3 Å². The maximum absolute atomic E-state index is 12.2. The van der Waals surface area contributed by atoms with Gasteiger partial charge in [0.25, 0.3) is 0 Å². The number of amides is 1. The fraction of sp³-hybridized carbons (Fsp3) is 0.643. The van der Waals surface area contributed by atoms with Crippen LogP contribution in [-0.4, -0.2) is 42.4 Å². The molecule has 5 heteroatoms. The van der Waals surface area contributed by atoms with Crippen molar-refractivity contribution in [3.63, 3.8) is 0 Å². The normalized spacial score (nSPS) is 16.7. The Hall–Kier alpha value is -0.390. The van der Waals surface area contributed by atoms with Gasteiger partial charge in [0.05, 0.1) is 10.3 Å². The summed E-state index contributed by atoms with van der Waals surface area (Å²) in [5.41, 5.74) is 0. The van der Waals surface area contributed by atoms with Crippen molar-refractivity contribution in [2.24, 2.45) is 0 Å². The number of likely N-dealkylation sites (tertiary alicyclic amines) is 1. The molecular weight excluding hydrogens is 324 g/mol. The predicted molar refractivity (Wildman–Crippen MR) is 83.4 cm³/mol. The number of likely N-dealkylation sites (N-methyl/N-ethyl adjacent to an activating group) is 1. The highest BCUT2D eigenvalue weighted by molar-refractivity contribution is 9.11. The SMILES string of the molecule is CN(CC(=O)N1CCCCCC1)Cc1ccc(Br)s1. The van der Waals surface area contributed by atoms with Crippen molar-refractivity contribution in [3.8, 4) is 0 Å². The van der Waals surface area contributed by atoms with Crippen molar-refractivity contribution in [3.05, 3.63) is 20.8 Å². The van der Waals surface area contributed by atoms with Gasteiger partial charge >= 0.3 is 0 Å². The summed E-state index contributed by atoms with van der Waals surface area (Å²) in [5.74, 6) is 0.278. The Labute approximate surface area is 127 Å². The first-order valence-corrected chi connectivity index (χ1v) is 8.46. The summed E-state index contributed by atoms with van der Waals surface area (Å²) in [6.07, 6.45) is 4.85. The first-order chi connectivity index (χ1) is 9.15. The Kier molecular flexibility index (Phi) is 5.85. The van der Waals surface area contributed by atoms with Gasteiger partial charge in [-0.1, -0.05) is 12.8 Å². The number of carbonyl (C=O) groups is 1. The summed E-state index contributed by atoms with van der Waals surface area (Å²) in [6, 6.07) is 4.17. The average Bonchev–Trinajstić information content (AvgIpc) is 2.64. The number of carbonyl (C=O) groups excluding carboxylic acids is 1. The van der Waals surface area contributed by atoms with Crippen molar-refractivity contribution >= 4 is 33.2 Å². The molecule has 0 spiro atoms. The minimum atomic E-state index is 0.278. The van der Waals surface area contributed by atoms with Gasteiger partial charge in [0.1, 0.15) is 0 Å². The van der Waals surface area contributed by atoms with Gasteiger partial charge < -0.3 is 4.90 Å². The Morgan fingerprint density at radius 2 is 2.00 bits per heavy atom.